The molecule has 0 aliphatic heterocycles. The van der Waals surface area contributed by atoms with Gasteiger partial charge in [-0.25, -0.2) is 0 Å². The molecule has 7 heteroatoms. The number of amides is 1. The number of aryl methyl sites for hydroxylation is 1. The number of ether oxygens (including phenoxy) is 1. The van der Waals surface area contributed by atoms with Gasteiger partial charge in [-0.15, -0.1) is 11.3 Å². The van der Waals surface area contributed by atoms with Crippen molar-refractivity contribution < 1.29 is 18.3 Å². The second-order valence-corrected chi connectivity index (χ2v) is 6.83. The smallest absolute Gasteiger partial charge is 0.387 e. The Labute approximate surface area is 158 Å². The monoisotopic (exact) mass is 393 g/mol. The Morgan fingerprint density at radius 3 is 2.54 bits per heavy atom. The van der Waals surface area contributed by atoms with Crippen molar-refractivity contribution in [3.63, 3.8) is 0 Å². The Bertz CT molecular complexity index is 926. The first kappa shape index (κ1) is 18.4. The lowest BCUT2D eigenvalue weighted by molar-refractivity contribution is -0.0497. The van der Waals surface area contributed by atoms with Gasteiger partial charge in [-0.2, -0.15) is 8.78 Å². The van der Waals surface area contributed by atoms with Crippen LogP contribution < -0.4 is 10.1 Å². The topological polar surface area (TPSA) is 38.3 Å². The molecule has 0 bridgehead atoms. The molecule has 0 aliphatic rings. The van der Waals surface area contributed by atoms with E-state index in [1.807, 2.05) is 42.6 Å². The zero-order valence-electron chi connectivity index (χ0n) is 13.6. The van der Waals surface area contributed by atoms with Crippen molar-refractivity contribution in [2.45, 2.75) is 13.5 Å². The number of rotatable bonds is 5. The van der Waals surface area contributed by atoms with Crippen molar-refractivity contribution in [1.82, 2.24) is 0 Å². The number of carbonyl (C=O) groups excluding carboxylic acids is 1. The van der Waals surface area contributed by atoms with E-state index in [2.05, 4.69) is 10.1 Å². The molecule has 0 saturated heterocycles. The Morgan fingerprint density at radius 2 is 1.88 bits per heavy atom. The molecular weight excluding hydrogens is 380 g/mol. The summed E-state index contributed by atoms with van der Waals surface area (Å²) >= 11 is 7.24. The molecule has 1 aromatic heterocycles. The molecule has 0 saturated carbocycles. The Kier molecular flexibility index (Phi) is 5.54. The van der Waals surface area contributed by atoms with Gasteiger partial charge in [0.25, 0.3) is 5.91 Å². The van der Waals surface area contributed by atoms with Crippen LogP contribution in [0, 0.1) is 6.92 Å². The Hall–Kier alpha value is -2.44. The second kappa shape index (κ2) is 7.85. The molecule has 3 nitrogen and oxygen atoms in total. The number of thiophene rings is 1. The number of halogens is 3. The number of carbonyl (C=O) groups is 1. The predicted molar refractivity (Wildman–Crippen MR) is 101 cm³/mol. The van der Waals surface area contributed by atoms with E-state index in [1.165, 1.54) is 29.5 Å². The van der Waals surface area contributed by atoms with E-state index in [-0.39, 0.29) is 16.7 Å². The van der Waals surface area contributed by atoms with Gasteiger partial charge in [-0.05, 0) is 42.1 Å². The van der Waals surface area contributed by atoms with Crippen molar-refractivity contribution in [2.24, 2.45) is 0 Å². The third-order valence-corrected chi connectivity index (χ3v) is 4.85. The Morgan fingerprint density at radius 1 is 1.15 bits per heavy atom. The van der Waals surface area contributed by atoms with Gasteiger partial charge in [0.15, 0.2) is 0 Å². The molecule has 0 unspecified atom stereocenters. The van der Waals surface area contributed by atoms with Crippen molar-refractivity contribution >= 4 is 34.5 Å². The van der Waals surface area contributed by atoms with Crippen LogP contribution in [0.4, 0.5) is 14.5 Å². The summed E-state index contributed by atoms with van der Waals surface area (Å²) in [5.41, 5.74) is 3.30. The minimum absolute atomic E-state index is 0.00645. The maximum Gasteiger partial charge on any atom is 0.387 e. The first-order chi connectivity index (χ1) is 12.4. The summed E-state index contributed by atoms with van der Waals surface area (Å²) in [7, 11) is 0. The number of nitrogens with one attached hydrogen (secondary N) is 1. The first-order valence-corrected chi connectivity index (χ1v) is 8.90. The number of benzene rings is 2. The van der Waals surface area contributed by atoms with Crippen LogP contribution in [0.25, 0.3) is 11.1 Å². The summed E-state index contributed by atoms with van der Waals surface area (Å²) in [6.07, 6.45) is 0. The average molecular weight is 394 g/mol. The fourth-order valence-corrected chi connectivity index (χ4v) is 3.44. The molecule has 0 radical (unpaired) electrons. The van der Waals surface area contributed by atoms with Crippen LogP contribution >= 0.6 is 22.9 Å². The molecule has 0 aliphatic carbocycles. The van der Waals surface area contributed by atoms with E-state index in [1.54, 1.807) is 0 Å². The van der Waals surface area contributed by atoms with E-state index in [0.717, 1.165) is 16.7 Å². The van der Waals surface area contributed by atoms with Gasteiger partial charge in [0.05, 0.1) is 9.90 Å². The van der Waals surface area contributed by atoms with Gasteiger partial charge in [0.1, 0.15) is 5.75 Å². The lowest BCUT2D eigenvalue weighted by Gasteiger charge is -2.10. The lowest BCUT2D eigenvalue weighted by atomic mass is 10.0. The fraction of sp³-hybridized carbons (Fsp3) is 0.105. The van der Waals surface area contributed by atoms with Crippen LogP contribution in [-0.4, -0.2) is 12.5 Å². The molecule has 1 amide bonds. The van der Waals surface area contributed by atoms with E-state index >= 15 is 0 Å². The van der Waals surface area contributed by atoms with Gasteiger partial charge in [0.2, 0.25) is 0 Å². The normalized spacial score (nSPS) is 10.8. The third kappa shape index (κ3) is 4.20. The molecule has 134 valence electrons. The Balaban J connectivity index is 1.80. The fourth-order valence-electron chi connectivity index (χ4n) is 2.40. The molecule has 2 aromatic carbocycles. The van der Waals surface area contributed by atoms with E-state index < -0.39 is 6.61 Å². The highest BCUT2D eigenvalue weighted by Gasteiger charge is 2.16. The van der Waals surface area contributed by atoms with Gasteiger partial charge in [-0.1, -0.05) is 41.4 Å². The molecule has 1 N–H and O–H groups in total. The SMILES string of the molecule is Cc1ccc(-c2ccsc2C(=O)Nc2ccc(OC(F)F)c(Cl)c2)cc1. The predicted octanol–water partition coefficient (Wildman–Crippen LogP) is 6.23. The van der Waals surface area contributed by atoms with Gasteiger partial charge < -0.3 is 10.1 Å². The largest absolute Gasteiger partial charge is 0.433 e. The molecule has 3 aromatic rings. The molecule has 0 spiro atoms. The summed E-state index contributed by atoms with van der Waals surface area (Å²) in [5, 5.41) is 4.57. The highest BCUT2D eigenvalue weighted by molar-refractivity contribution is 7.12. The molecule has 3 rings (SSSR count). The summed E-state index contributed by atoms with van der Waals surface area (Å²) in [5.74, 6) is -0.440. The summed E-state index contributed by atoms with van der Waals surface area (Å²) in [4.78, 5) is 13.2. The maximum atomic E-state index is 12.6. The summed E-state index contributed by atoms with van der Waals surface area (Å²) in [6, 6.07) is 13.9. The van der Waals surface area contributed by atoms with Crippen LogP contribution in [0.2, 0.25) is 5.02 Å². The van der Waals surface area contributed by atoms with E-state index in [0.29, 0.717) is 10.6 Å². The van der Waals surface area contributed by atoms with Crippen molar-refractivity contribution in [3.8, 4) is 16.9 Å². The number of alkyl halides is 2. The third-order valence-electron chi connectivity index (χ3n) is 3.64. The quantitative estimate of drug-likeness (QED) is 0.558. The molecule has 0 atom stereocenters. The molecule has 0 fully saturated rings. The molecule has 1 heterocycles. The zero-order valence-corrected chi connectivity index (χ0v) is 15.2. The van der Waals surface area contributed by atoms with Crippen LogP contribution in [0.3, 0.4) is 0 Å². The summed E-state index contributed by atoms with van der Waals surface area (Å²) in [6.45, 7) is -0.966. The number of hydrogen-bond acceptors (Lipinski definition) is 3. The first-order valence-electron chi connectivity index (χ1n) is 7.64. The van der Waals surface area contributed by atoms with E-state index in [4.69, 9.17) is 11.6 Å². The van der Waals surface area contributed by atoms with Crippen LogP contribution in [0.5, 0.6) is 5.75 Å². The molecule has 26 heavy (non-hydrogen) atoms. The highest BCUT2D eigenvalue weighted by atomic mass is 35.5. The van der Waals surface area contributed by atoms with Gasteiger partial charge in [-0.3, -0.25) is 4.79 Å². The van der Waals surface area contributed by atoms with Crippen molar-refractivity contribution in [2.75, 3.05) is 5.32 Å². The van der Waals surface area contributed by atoms with Crippen LogP contribution in [0.15, 0.2) is 53.9 Å². The zero-order chi connectivity index (χ0) is 18.7. The maximum absolute atomic E-state index is 12.6. The standard InChI is InChI=1S/C19H14ClF2NO2S/c1-11-2-4-12(5-3-11)14-8-9-26-17(14)18(24)23-13-6-7-16(15(20)10-13)25-19(21)22/h2-10,19H,1H3,(H,23,24). The van der Waals surface area contributed by atoms with Crippen molar-refractivity contribution in [3.05, 3.63) is 69.4 Å². The summed E-state index contributed by atoms with van der Waals surface area (Å²) < 4.78 is 28.8. The minimum Gasteiger partial charge on any atom is -0.433 e. The van der Waals surface area contributed by atoms with Crippen LogP contribution in [0.1, 0.15) is 15.2 Å². The lowest BCUT2D eigenvalue weighted by Crippen LogP contribution is -2.11. The average Bonchev–Trinajstić information content (AvgIpc) is 3.07. The molecular formula is C19H14ClF2NO2S. The highest BCUT2D eigenvalue weighted by Crippen LogP contribution is 2.31. The number of anilines is 1. The van der Waals surface area contributed by atoms with E-state index in [9.17, 15) is 13.6 Å². The van der Waals surface area contributed by atoms with Gasteiger partial charge in [0, 0.05) is 11.3 Å². The minimum atomic E-state index is -2.96. The van der Waals surface area contributed by atoms with Crippen LogP contribution in [-0.2, 0) is 0 Å². The second-order valence-electron chi connectivity index (χ2n) is 5.51. The van der Waals surface area contributed by atoms with Gasteiger partial charge >= 0.3 is 6.61 Å². The van der Waals surface area contributed by atoms with Crippen molar-refractivity contribution in [1.29, 1.82) is 0 Å². The number of hydrogen-bond donors (Lipinski definition) is 1.